The average molecular weight is 250 g/mol. The lowest BCUT2D eigenvalue weighted by Gasteiger charge is -2.06. The molecule has 0 atom stereocenters. The molecule has 19 heavy (non-hydrogen) atoms. The number of carbonyl (C=O) groups is 1. The summed E-state index contributed by atoms with van der Waals surface area (Å²) in [6.45, 7) is 7.60. The molecule has 3 heteroatoms. The van der Waals surface area contributed by atoms with Crippen molar-refractivity contribution in [2.24, 2.45) is 0 Å². The van der Waals surface area contributed by atoms with Gasteiger partial charge < -0.3 is 5.32 Å². The van der Waals surface area contributed by atoms with Gasteiger partial charge in [0.05, 0.1) is 6.57 Å². The van der Waals surface area contributed by atoms with E-state index in [-0.39, 0.29) is 5.91 Å². The molecule has 94 valence electrons. The Hall–Kier alpha value is -2.60. The van der Waals surface area contributed by atoms with E-state index in [1.165, 1.54) is 5.56 Å². The predicted octanol–water partition coefficient (Wildman–Crippen LogP) is 3.21. The summed E-state index contributed by atoms with van der Waals surface area (Å²) in [5.74, 6) is -0.192. The van der Waals surface area contributed by atoms with E-state index in [2.05, 4.69) is 10.2 Å². The zero-order valence-electron chi connectivity index (χ0n) is 10.5. The van der Waals surface area contributed by atoms with Crippen molar-refractivity contribution in [1.82, 2.24) is 5.32 Å². The minimum Gasteiger partial charge on any atom is -0.353 e. The smallest absolute Gasteiger partial charge is 0.240 e. The molecule has 0 aromatic heterocycles. The largest absolute Gasteiger partial charge is 0.353 e. The van der Waals surface area contributed by atoms with E-state index in [1.54, 1.807) is 24.3 Å². The number of nitrogens with one attached hydrogen (secondary N) is 1. The summed E-state index contributed by atoms with van der Waals surface area (Å²) in [6.07, 6.45) is 0.784. The van der Waals surface area contributed by atoms with Crippen LogP contribution in [0, 0.1) is 6.57 Å². The van der Waals surface area contributed by atoms with Gasteiger partial charge in [-0.05, 0) is 12.0 Å². The number of rotatable bonds is 4. The van der Waals surface area contributed by atoms with Crippen LogP contribution in [0.1, 0.15) is 15.9 Å². The maximum absolute atomic E-state index is 12.0. The molecule has 2 aromatic carbocycles. The molecule has 0 aliphatic carbocycles. The predicted molar refractivity (Wildman–Crippen MR) is 75.2 cm³/mol. The van der Waals surface area contributed by atoms with E-state index in [9.17, 15) is 4.79 Å². The molecule has 0 bridgehead atoms. The zero-order chi connectivity index (χ0) is 13.5. The molecular weight excluding hydrogens is 236 g/mol. The second-order valence-electron chi connectivity index (χ2n) is 4.12. The Labute approximate surface area is 112 Å². The molecule has 0 unspecified atom stereocenters. The van der Waals surface area contributed by atoms with Gasteiger partial charge in [0.2, 0.25) is 5.91 Å². The maximum atomic E-state index is 12.0. The van der Waals surface area contributed by atoms with Gasteiger partial charge in [0.25, 0.3) is 0 Å². The van der Waals surface area contributed by atoms with Gasteiger partial charge in [0.15, 0.2) is 5.69 Å². The van der Waals surface area contributed by atoms with E-state index < -0.39 is 0 Å². The van der Waals surface area contributed by atoms with Gasteiger partial charge in [-0.25, -0.2) is 4.85 Å². The lowest BCUT2D eigenvalue weighted by atomic mass is 10.1. The van der Waals surface area contributed by atoms with Gasteiger partial charge in [-0.15, -0.1) is 0 Å². The fourth-order valence-electron chi connectivity index (χ4n) is 1.82. The molecule has 0 aliphatic heterocycles. The number of hydrogen-bond acceptors (Lipinski definition) is 1. The van der Waals surface area contributed by atoms with E-state index in [1.807, 2.05) is 30.3 Å². The van der Waals surface area contributed by atoms with Crippen LogP contribution in [0.25, 0.3) is 4.85 Å². The highest BCUT2D eigenvalue weighted by atomic mass is 16.1. The van der Waals surface area contributed by atoms with Crippen molar-refractivity contribution in [3.05, 3.63) is 77.1 Å². The molecule has 0 aliphatic rings. The third kappa shape index (κ3) is 3.43. The molecule has 0 radical (unpaired) electrons. The first-order valence-electron chi connectivity index (χ1n) is 6.10. The summed E-state index contributed by atoms with van der Waals surface area (Å²) in [5.41, 5.74) is 2.01. The topological polar surface area (TPSA) is 33.5 Å². The molecule has 2 rings (SSSR count). The van der Waals surface area contributed by atoms with Crippen molar-refractivity contribution < 1.29 is 4.79 Å². The fourth-order valence-corrected chi connectivity index (χ4v) is 1.82. The number of carbonyl (C=O) groups excluding carboxylic acids is 1. The number of para-hydroxylation sites is 1. The number of amides is 1. The van der Waals surface area contributed by atoms with Crippen molar-refractivity contribution in [3.63, 3.8) is 0 Å². The van der Waals surface area contributed by atoms with Crippen molar-refractivity contribution in [1.29, 1.82) is 0 Å². The Morgan fingerprint density at radius 3 is 2.47 bits per heavy atom. The second-order valence-corrected chi connectivity index (χ2v) is 4.12. The van der Waals surface area contributed by atoms with E-state index >= 15 is 0 Å². The normalized spacial score (nSPS) is 9.63. The van der Waals surface area contributed by atoms with E-state index in [4.69, 9.17) is 6.57 Å². The van der Waals surface area contributed by atoms with Crippen LogP contribution in [0.15, 0.2) is 54.6 Å². The van der Waals surface area contributed by atoms with Crippen LogP contribution in [0.2, 0.25) is 0 Å². The lowest BCUT2D eigenvalue weighted by Crippen LogP contribution is -2.25. The summed E-state index contributed by atoms with van der Waals surface area (Å²) >= 11 is 0. The Kier molecular flexibility index (Phi) is 4.30. The maximum Gasteiger partial charge on any atom is 0.240 e. The number of benzene rings is 2. The molecule has 1 N–H and O–H groups in total. The Morgan fingerprint density at radius 2 is 1.74 bits per heavy atom. The van der Waals surface area contributed by atoms with Gasteiger partial charge in [-0.1, -0.05) is 54.6 Å². The van der Waals surface area contributed by atoms with Crippen LogP contribution < -0.4 is 5.32 Å². The summed E-state index contributed by atoms with van der Waals surface area (Å²) in [5, 5.41) is 2.84. The number of nitrogens with zero attached hydrogens (tertiary/aromatic N) is 1. The zero-order valence-corrected chi connectivity index (χ0v) is 10.5. The van der Waals surface area contributed by atoms with Gasteiger partial charge >= 0.3 is 0 Å². The monoisotopic (exact) mass is 250 g/mol. The molecule has 0 heterocycles. The van der Waals surface area contributed by atoms with Crippen LogP contribution in [-0.4, -0.2) is 12.5 Å². The summed E-state index contributed by atoms with van der Waals surface area (Å²) in [4.78, 5) is 15.3. The first kappa shape index (κ1) is 12.8. The summed E-state index contributed by atoms with van der Waals surface area (Å²) in [7, 11) is 0. The number of hydrogen-bond donors (Lipinski definition) is 1. The van der Waals surface area contributed by atoms with Crippen LogP contribution in [-0.2, 0) is 6.42 Å². The highest BCUT2D eigenvalue weighted by Gasteiger charge is 2.09. The first-order valence-corrected chi connectivity index (χ1v) is 6.10. The Balaban J connectivity index is 1.93. The highest BCUT2D eigenvalue weighted by molar-refractivity contribution is 5.99. The Bertz CT molecular complexity index is 600. The van der Waals surface area contributed by atoms with Crippen molar-refractivity contribution in [2.75, 3.05) is 6.54 Å². The van der Waals surface area contributed by atoms with E-state index in [0.29, 0.717) is 17.8 Å². The molecule has 2 aromatic rings. The van der Waals surface area contributed by atoms with Gasteiger partial charge in [-0.3, -0.25) is 4.79 Å². The van der Waals surface area contributed by atoms with Crippen molar-refractivity contribution in [2.45, 2.75) is 6.42 Å². The fraction of sp³-hybridized carbons (Fsp3) is 0.125. The first-order chi connectivity index (χ1) is 9.31. The summed E-state index contributed by atoms with van der Waals surface area (Å²) < 4.78 is 0. The highest BCUT2D eigenvalue weighted by Crippen LogP contribution is 2.17. The molecule has 0 spiro atoms. The van der Waals surface area contributed by atoms with Crippen LogP contribution >= 0.6 is 0 Å². The van der Waals surface area contributed by atoms with E-state index in [0.717, 1.165) is 6.42 Å². The minimum absolute atomic E-state index is 0.192. The molecule has 3 nitrogen and oxygen atoms in total. The Morgan fingerprint density at radius 1 is 1.05 bits per heavy atom. The molecule has 0 saturated carbocycles. The van der Waals surface area contributed by atoms with Crippen molar-refractivity contribution >= 4 is 11.6 Å². The third-order valence-corrected chi connectivity index (χ3v) is 2.81. The standard InChI is InChI=1S/C16H14N2O/c1-17-15-10-6-5-9-14(15)16(19)18-12-11-13-7-3-2-4-8-13/h2-10H,11-12H2,(H,18,19). The summed E-state index contributed by atoms with van der Waals surface area (Å²) in [6, 6.07) is 16.8. The molecule has 0 saturated heterocycles. The second kappa shape index (κ2) is 6.36. The van der Waals surface area contributed by atoms with Crippen LogP contribution in [0.4, 0.5) is 5.69 Å². The van der Waals surface area contributed by atoms with Crippen molar-refractivity contribution in [3.8, 4) is 0 Å². The molecule has 1 amide bonds. The quantitative estimate of drug-likeness (QED) is 0.830. The molecule has 0 fully saturated rings. The lowest BCUT2D eigenvalue weighted by molar-refractivity contribution is 0.0955. The van der Waals surface area contributed by atoms with Crippen LogP contribution in [0.3, 0.4) is 0 Å². The SMILES string of the molecule is [C-]#[N+]c1ccccc1C(=O)NCCc1ccccc1. The van der Waals surface area contributed by atoms with Crippen LogP contribution in [0.5, 0.6) is 0 Å². The van der Waals surface area contributed by atoms with Gasteiger partial charge in [-0.2, -0.15) is 0 Å². The minimum atomic E-state index is -0.192. The van der Waals surface area contributed by atoms with Gasteiger partial charge in [0, 0.05) is 12.1 Å². The third-order valence-electron chi connectivity index (χ3n) is 2.81. The average Bonchev–Trinajstić information content (AvgIpc) is 2.48. The van der Waals surface area contributed by atoms with Gasteiger partial charge in [0.1, 0.15) is 0 Å². The molecular formula is C16H14N2O.